The van der Waals surface area contributed by atoms with E-state index in [2.05, 4.69) is 10.1 Å². The average Bonchev–Trinajstić information content (AvgIpc) is 3.04. The van der Waals surface area contributed by atoms with E-state index in [0.29, 0.717) is 36.0 Å². The fraction of sp³-hybridized carbons (Fsp3) is 0.222. The molecule has 1 aliphatic heterocycles. The summed E-state index contributed by atoms with van der Waals surface area (Å²) >= 11 is 0. The fourth-order valence-electron chi connectivity index (χ4n) is 2.97. The predicted molar refractivity (Wildman–Crippen MR) is 93.4 cm³/mol. The number of methoxy groups -OCH3 is 1. The Labute approximate surface area is 149 Å². The Kier molecular flexibility index (Phi) is 4.00. The molecule has 0 atom stereocenters. The molecule has 26 heavy (non-hydrogen) atoms. The Hall–Kier alpha value is -3.42. The van der Waals surface area contributed by atoms with Gasteiger partial charge in [0.25, 0.3) is 5.91 Å². The van der Waals surface area contributed by atoms with Gasteiger partial charge in [0.2, 0.25) is 0 Å². The van der Waals surface area contributed by atoms with Gasteiger partial charge in [-0.05, 0) is 36.4 Å². The molecule has 1 aliphatic rings. The number of pyridine rings is 1. The van der Waals surface area contributed by atoms with E-state index in [0.717, 1.165) is 0 Å². The first kappa shape index (κ1) is 16.1. The van der Waals surface area contributed by atoms with Crippen molar-refractivity contribution in [3.63, 3.8) is 0 Å². The third-order valence-corrected chi connectivity index (χ3v) is 4.35. The zero-order valence-corrected chi connectivity index (χ0v) is 14.2. The van der Waals surface area contributed by atoms with Crippen molar-refractivity contribution in [3.05, 3.63) is 70.7 Å². The average molecular weight is 351 g/mol. The second-order valence-electron chi connectivity index (χ2n) is 5.90. The molecule has 8 heteroatoms. The smallest absolute Gasteiger partial charge is 0.350 e. The van der Waals surface area contributed by atoms with Gasteiger partial charge in [-0.1, -0.05) is 6.07 Å². The van der Waals surface area contributed by atoms with E-state index in [9.17, 15) is 9.59 Å². The first-order valence-electron chi connectivity index (χ1n) is 8.21. The monoisotopic (exact) mass is 351 g/mol. The minimum absolute atomic E-state index is 0.164. The van der Waals surface area contributed by atoms with E-state index in [1.165, 1.54) is 4.68 Å². The number of hydrogen-bond donors (Lipinski definition) is 0. The molecule has 0 unspecified atom stereocenters. The summed E-state index contributed by atoms with van der Waals surface area (Å²) in [6.07, 6.45) is 1.59. The van der Waals surface area contributed by atoms with E-state index in [1.54, 1.807) is 65.2 Å². The summed E-state index contributed by atoms with van der Waals surface area (Å²) in [7, 11) is 1.59. The number of aromatic nitrogens is 4. The Balaban J connectivity index is 1.62. The Morgan fingerprint density at radius 3 is 2.62 bits per heavy atom. The molecule has 3 heterocycles. The van der Waals surface area contributed by atoms with Crippen LogP contribution in [0.15, 0.2) is 53.5 Å². The lowest BCUT2D eigenvalue weighted by molar-refractivity contribution is 0.0700. The van der Waals surface area contributed by atoms with Crippen LogP contribution in [0.2, 0.25) is 0 Å². The molecule has 1 amide bonds. The molecule has 0 fully saturated rings. The minimum Gasteiger partial charge on any atom is -0.497 e. The summed E-state index contributed by atoms with van der Waals surface area (Å²) in [6.45, 7) is 1.12. The van der Waals surface area contributed by atoms with Gasteiger partial charge in [0.05, 0.1) is 19.3 Å². The number of carbonyl (C=O) groups is 1. The molecule has 0 N–H and O–H groups in total. The number of benzene rings is 1. The van der Waals surface area contributed by atoms with Gasteiger partial charge in [0.1, 0.15) is 11.4 Å². The van der Waals surface area contributed by atoms with Gasteiger partial charge in [-0.15, -0.1) is 5.10 Å². The van der Waals surface area contributed by atoms with Gasteiger partial charge in [0, 0.05) is 19.3 Å². The van der Waals surface area contributed by atoms with Crippen molar-refractivity contribution in [1.82, 2.24) is 24.2 Å². The highest BCUT2D eigenvalue weighted by Crippen LogP contribution is 2.15. The molecule has 1 aromatic carbocycles. The van der Waals surface area contributed by atoms with E-state index in [-0.39, 0.29) is 18.1 Å². The Bertz CT molecular complexity index is 992. The highest BCUT2D eigenvalue weighted by atomic mass is 16.5. The summed E-state index contributed by atoms with van der Waals surface area (Å²) < 4.78 is 8.09. The number of nitrogens with zero attached hydrogens (tertiary/aromatic N) is 5. The van der Waals surface area contributed by atoms with Crippen LogP contribution in [0.25, 0.3) is 5.69 Å². The van der Waals surface area contributed by atoms with Crippen molar-refractivity contribution >= 4 is 5.91 Å². The maximum absolute atomic E-state index is 12.6. The quantitative estimate of drug-likeness (QED) is 0.706. The van der Waals surface area contributed by atoms with Crippen molar-refractivity contribution in [2.75, 3.05) is 13.7 Å². The van der Waals surface area contributed by atoms with Crippen LogP contribution >= 0.6 is 0 Å². The SMILES string of the molecule is COc1ccc(-n2nc3n(c2=O)CCN(C(=O)c2ccccn2)C3)cc1. The normalized spacial score (nSPS) is 13.3. The van der Waals surface area contributed by atoms with Gasteiger partial charge >= 0.3 is 5.69 Å². The molecule has 132 valence electrons. The molecule has 0 radical (unpaired) electrons. The Morgan fingerprint density at radius 1 is 1.12 bits per heavy atom. The highest BCUT2D eigenvalue weighted by Gasteiger charge is 2.26. The standard InChI is InChI=1S/C18H17N5O3/c1-26-14-7-5-13(6-8-14)23-18(25)22-11-10-21(12-16(22)20-23)17(24)15-4-2-3-9-19-15/h2-9H,10-12H2,1H3. The van der Waals surface area contributed by atoms with Gasteiger partial charge < -0.3 is 9.64 Å². The summed E-state index contributed by atoms with van der Waals surface area (Å²) in [5.74, 6) is 1.10. The molecule has 2 aromatic heterocycles. The van der Waals surface area contributed by atoms with E-state index >= 15 is 0 Å². The molecule has 0 bridgehead atoms. The van der Waals surface area contributed by atoms with Gasteiger partial charge in [0.15, 0.2) is 5.82 Å². The molecular weight excluding hydrogens is 334 g/mol. The number of ether oxygens (including phenoxy) is 1. The van der Waals surface area contributed by atoms with Crippen LogP contribution in [0, 0.1) is 0 Å². The van der Waals surface area contributed by atoms with Crippen LogP contribution in [-0.4, -0.2) is 43.8 Å². The number of hydrogen-bond acceptors (Lipinski definition) is 5. The lowest BCUT2D eigenvalue weighted by Gasteiger charge is -2.26. The molecule has 0 saturated carbocycles. The second kappa shape index (κ2) is 6.47. The highest BCUT2D eigenvalue weighted by molar-refractivity contribution is 5.92. The lowest BCUT2D eigenvalue weighted by Crippen LogP contribution is -2.41. The van der Waals surface area contributed by atoms with Gasteiger partial charge in [-0.3, -0.25) is 14.3 Å². The summed E-state index contributed by atoms with van der Waals surface area (Å²) in [4.78, 5) is 31.0. The van der Waals surface area contributed by atoms with Crippen LogP contribution in [0.4, 0.5) is 0 Å². The third kappa shape index (κ3) is 2.75. The number of carbonyl (C=O) groups excluding carboxylic acids is 1. The molecule has 4 rings (SSSR count). The number of amides is 1. The maximum Gasteiger partial charge on any atom is 0.350 e. The van der Waals surface area contributed by atoms with Crippen molar-refractivity contribution < 1.29 is 9.53 Å². The topological polar surface area (TPSA) is 82.2 Å². The third-order valence-electron chi connectivity index (χ3n) is 4.35. The zero-order chi connectivity index (χ0) is 18.1. The minimum atomic E-state index is -0.213. The van der Waals surface area contributed by atoms with Crippen molar-refractivity contribution in [2.24, 2.45) is 0 Å². The fourth-order valence-corrected chi connectivity index (χ4v) is 2.97. The van der Waals surface area contributed by atoms with Crippen LogP contribution in [0.5, 0.6) is 5.75 Å². The van der Waals surface area contributed by atoms with Crippen molar-refractivity contribution in [2.45, 2.75) is 13.1 Å². The summed E-state index contributed by atoms with van der Waals surface area (Å²) in [6, 6.07) is 12.3. The second-order valence-corrected chi connectivity index (χ2v) is 5.90. The van der Waals surface area contributed by atoms with Crippen LogP contribution in [0.1, 0.15) is 16.3 Å². The first-order valence-corrected chi connectivity index (χ1v) is 8.21. The zero-order valence-electron chi connectivity index (χ0n) is 14.2. The summed E-state index contributed by atoms with van der Waals surface area (Å²) in [5.41, 5.74) is 0.827. The van der Waals surface area contributed by atoms with E-state index in [1.807, 2.05) is 0 Å². The van der Waals surface area contributed by atoms with Crippen molar-refractivity contribution in [1.29, 1.82) is 0 Å². The molecule has 8 nitrogen and oxygen atoms in total. The first-order chi connectivity index (χ1) is 12.7. The van der Waals surface area contributed by atoms with Gasteiger partial charge in [-0.2, -0.15) is 4.68 Å². The Morgan fingerprint density at radius 2 is 1.92 bits per heavy atom. The number of rotatable bonds is 3. The maximum atomic E-state index is 12.6. The largest absolute Gasteiger partial charge is 0.497 e. The van der Waals surface area contributed by atoms with E-state index in [4.69, 9.17) is 4.74 Å². The molecule has 0 saturated heterocycles. The number of fused-ring (bicyclic) bond motifs is 1. The molecular formula is C18H17N5O3. The van der Waals surface area contributed by atoms with Crippen LogP contribution in [-0.2, 0) is 13.1 Å². The molecule has 0 aliphatic carbocycles. The molecule has 0 spiro atoms. The van der Waals surface area contributed by atoms with Gasteiger partial charge in [-0.25, -0.2) is 4.79 Å². The lowest BCUT2D eigenvalue weighted by atomic mass is 10.3. The van der Waals surface area contributed by atoms with E-state index < -0.39 is 0 Å². The van der Waals surface area contributed by atoms with Crippen molar-refractivity contribution in [3.8, 4) is 11.4 Å². The molecule has 3 aromatic rings. The van der Waals surface area contributed by atoms with Crippen LogP contribution < -0.4 is 10.4 Å². The predicted octanol–water partition coefficient (Wildman–Crippen LogP) is 1.09. The summed E-state index contributed by atoms with van der Waals surface area (Å²) in [5, 5.41) is 4.41. The van der Waals surface area contributed by atoms with Crippen LogP contribution in [0.3, 0.4) is 0 Å².